The van der Waals surface area contributed by atoms with E-state index in [0.717, 1.165) is 12.1 Å². The van der Waals surface area contributed by atoms with Crippen LogP contribution in [0.4, 0.5) is 4.39 Å². The monoisotopic (exact) mass is 242 g/mol. The molecule has 15 heavy (non-hydrogen) atoms. The molecule has 0 heterocycles. The van der Waals surface area contributed by atoms with Gasteiger partial charge in [0.05, 0.1) is 10.5 Å². The van der Waals surface area contributed by atoms with Crippen molar-refractivity contribution in [2.75, 3.05) is 0 Å². The van der Waals surface area contributed by atoms with E-state index in [1.807, 2.05) is 0 Å². The van der Waals surface area contributed by atoms with Gasteiger partial charge in [-0.3, -0.25) is 0 Å². The molecule has 5 nitrogen and oxygen atoms in total. The molecule has 0 saturated carbocycles. The van der Waals surface area contributed by atoms with Gasteiger partial charge in [0, 0.05) is 0 Å². The van der Waals surface area contributed by atoms with Gasteiger partial charge in [-0.1, -0.05) is 6.07 Å². The first-order chi connectivity index (χ1) is 6.34. The molecule has 0 fully saturated rings. The van der Waals surface area contributed by atoms with Crippen LogP contribution >= 0.6 is 0 Å². The van der Waals surface area contributed by atoms with E-state index in [-0.39, 0.29) is 29.6 Å². The summed E-state index contributed by atoms with van der Waals surface area (Å²) in [4.78, 5) is 9.21. The molecule has 1 rings (SSSR count). The van der Waals surface area contributed by atoms with Gasteiger partial charge in [0.15, 0.2) is 5.82 Å². The van der Waals surface area contributed by atoms with Crippen molar-refractivity contribution in [2.45, 2.75) is 4.90 Å². The zero-order valence-electron chi connectivity index (χ0n) is 7.60. The summed E-state index contributed by atoms with van der Waals surface area (Å²) < 4.78 is 44.4. The predicted octanol–water partition coefficient (Wildman–Crippen LogP) is -2.57. The molecule has 1 N–H and O–H groups in total. The van der Waals surface area contributed by atoms with Crippen LogP contribution in [-0.2, 0) is 10.1 Å². The van der Waals surface area contributed by atoms with E-state index < -0.39 is 32.4 Å². The van der Waals surface area contributed by atoms with Gasteiger partial charge in [0.2, 0.25) is 0 Å². The minimum atomic E-state index is -4.98. The average Bonchev–Trinajstić information content (AvgIpc) is 2.01. The second-order valence-corrected chi connectivity index (χ2v) is 3.73. The Bertz CT molecular complexity index is 484. The molecule has 0 saturated heterocycles. The fraction of sp³-hybridized carbons (Fsp3) is 0. The van der Waals surface area contributed by atoms with Crippen LogP contribution in [-0.4, -0.2) is 24.0 Å². The fourth-order valence-corrected chi connectivity index (χ4v) is 1.44. The molecule has 0 aliphatic heterocycles. The van der Waals surface area contributed by atoms with Crippen LogP contribution in [0.2, 0.25) is 0 Å². The van der Waals surface area contributed by atoms with Gasteiger partial charge in [-0.2, -0.15) is 0 Å². The number of hydrogen-bond donors (Lipinski definition) is 1. The molecule has 0 radical (unpaired) electrons. The summed E-state index contributed by atoms with van der Waals surface area (Å²) in [6, 6.07) is 2.56. The molecule has 0 aliphatic rings. The van der Waals surface area contributed by atoms with E-state index in [1.54, 1.807) is 0 Å². The number of carbonyl (C=O) groups is 1. The summed E-state index contributed by atoms with van der Waals surface area (Å²) >= 11 is 0. The zero-order chi connectivity index (χ0) is 10.9. The van der Waals surface area contributed by atoms with Crippen molar-refractivity contribution in [1.29, 1.82) is 0 Å². The van der Waals surface area contributed by atoms with Crippen LogP contribution in [0.1, 0.15) is 10.4 Å². The van der Waals surface area contributed by atoms with Gasteiger partial charge in [-0.25, -0.2) is 17.6 Å². The minimum absolute atomic E-state index is 0. The third-order valence-electron chi connectivity index (χ3n) is 1.46. The number of benzene rings is 1. The normalized spacial score (nSPS) is 10.5. The quantitative estimate of drug-likeness (QED) is 0.454. The Balaban J connectivity index is 0.00000196. The molecule has 0 aromatic heterocycles. The van der Waals surface area contributed by atoms with E-state index in [0.29, 0.717) is 6.07 Å². The van der Waals surface area contributed by atoms with Crippen LogP contribution in [0.25, 0.3) is 0 Å². The predicted molar refractivity (Wildman–Crippen MR) is 41.3 cm³/mol. The second-order valence-electron chi connectivity index (χ2n) is 2.38. The van der Waals surface area contributed by atoms with Gasteiger partial charge in [0.1, 0.15) is 10.1 Å². The van der Waals surface area contributed by atoms with Crippen molar-refractivity contribution in [1.82, 2.24) is 0 Å². The zero-order valence-corrected chi connectivity index (χ0v) is 10.4. The molecule has 0 unspecified atom stereocenters. The number of hydrogen-bond acceptors (Lipinski definition) is 4. The average molecular weight is 242 g/mol. The summed E-state index contributed by atoms with van der Waals surface area (Å²) in [6.45, 7) is 0. The molecule has 0 aliphatic carbocycles. The largest absolute Gasteiger partial charge is 1.00 e. The molecule has 8 heteroatoms. The van der Waals surface area contributed by atoms with Crippen molar-refractivity contribution in [2.24, 2.45) is 0 Å². The standard InChI is InChI=1S/C7H5FO5S.Na/c8-6-4(7(9)10)2-1-3-5(6)14(11,12)13;/h1-3H,(H,9,10)(H,11,12,13);/q;+1/p-1. The van der Waals surface area contributed by atoms with E-state index in [2.05, 4.69) is 0 Å². The van der Waals surface area contributed by atoms with Gasteiger partial charge in [-0.15, -0.1) is 0 Å². The molecule has 1 aromatic rings. The SMILES string of the molecule is O=C(O)c1cccc(S(=O)(=O)[O-])c1F.[Na+]. The molecule has 1 aromatic carbocycles. The maximum Gasteiger partial charge on any atom is 1.00 e. The van der Waals surface area contributed by atoms with Gasteiger partial charge in [0.25, 0.3) is 0 Å². The number of carboxylic acids is 1. The van der Waals surface area contributed by atoms with Crippen LogP contribution in [0.5, 0.6) is 0 Å². The van der Waals surface area contributed by atoms with E-state index in [1.165, 1.54) is 0 Å². The molecule has 0 atom stereocenters. The summed E-state index contributed by atoms with van der Waals surface area (Å²) in [5, 5.41) is 8.42. The van der Waals surface area contributed by atoms with Gasteiger partial charge < -0.3 is 9.66 Å². The maximum absolute atomic E-state index is 13.1. The Morgan fingerprint density at radius 1 is 1.40 bits per heavy atom. The Labute approximate surface area is 107 Å². The first-order valence-corrected chi connectivity index (χ1v) is 4.72. The van der Waals surface area contributed by atoms with Crippen molar-refractivity contribution in [3.63, 3.8) is 0 Å². The molecule has 0 spiro atoms. The van der Waals surface area contributed by atoms with E-state index in [4.69, 9.17) is 5.11 Å². The van der Waals surface area contributed by atoms with Gasteiger partial charge in [-0.05, 0) is 12.1 Å². The maximum atomic E-state index is 13.1. The summed E-state index contributed by atoms with van der Waals surface area (Å²) in [5.74, 6) is -3.16. The summed E-state index contributed by atoms with van der Waals surface area (Å²) in [6.07, 6.45) is 0. The Kier molecular flexibility index (Phi) is 4.88. The van der Waals surface area contributed by atoms with E-state index >= 15 is 0 Å². The van der Waals surface area contributed by atoms with Crippen molar-refractivity contribution < 1.29 is 56.8 Å². The van der Waals surface area contributed by atoms with Crippen LogP contribution in [0.3, 0.4) is 0 Å². The second kappa shape index (κ2) is 5.04. The van der Waals surface area contributed by atoms with Crippen LogP contribution in [0.15, 0.2) is 23.1 Å². The number of aromatic carboxylic acids is 1. The smallest absolute Gasteiger partial charge is 0.744 e. The fourth-order valence-electron chi connectivity index (χ4n) is 0.869. The molecule has 76 valence electrons. The van der Waals surface area contributed by atoms with Crippen molar-refractivity contribution in [3.05, 3.63) is 29.6 Å². The van der Waals surface area contributed by atoms with Crippen molar-refractivity contribution >= 4 is 16.1 Å². The summed E-state index contributed by atoms with van der Waals surface area (Å²) in [5.41, 5.74) is -0.845. The van der Waals surface area contributed by atoms with Crippen LogP contribution < -0.4 is 29.6 Å². The third kappa shape index (κ3) is 3.25. The van der Waals surface area contributed by atoms with Crippen molar-refractivity contribution in [3.8, 4) is 0 Å². The van der Waals surface area contributed by atoms with E-state index in [9.17, 15) is 22.2 Å². The first-order valence-electron chi connectivity index (χ1n) is 3.31. The topological polar surface area (TPSA) is 94.5 Å². The Hall–Kier alpha value is -0.470. The minimum Gasteiger partial charge on any atom is -0.744 e. The number of halogens is 1. The molecule has 0 amide bonds. The van der Waals surface area contributed by atoms with Gasteiger partial charge >= 0.3 is 35.5 Å². The summed E-state index contributed by atoms with van der Waals surface area (Å²) in [7, 11) is -4.98. The molecular weight excluding hydrogens is 238 g/mol. The molecule has 0 bridgehead atoms. The Morgan fingerprint density at radius 2 is 1.93 bits per heavy atom. The third-order valence-corrected chi connectivity index (χ3v) is 2.32. The number of carboxylic acid groups (broad SMARTS) is 1. The van der Waals surface area contributed by atoms with Crippen LogP contribution in [0, 0.1) is 5.82 Å². The first kappa shape index (κ1) is 14.5. The number of rotatable bonds is 2. The molecular formula is C7H4FNaO5S. The Morgan fingerprint density at radius 3 is 2.33 bits per heavy atom.